The zero-order valence-corrected chi connectivity index (χ0v) is 12.5. The lowest BCUT2D eigenvalue weighted by molar-refractivity contribution is 0.160. The van der Waals surface area contributed by atoms with Crippen molar-refractivity contribution < 1.29 is 0 Å². The van der Waals surface area contributed by atoms with Crippen molar-refractivity contribution in [2.75, 3.05) is 32.8 Å². The summed E-state index contributed by atoms with van der Waals surface area (Å²) in [6.45, 7) is 15.2. The Morgan fingerprint density at radius 2 is 1.89 bits per heavy atom. The van der Waals surface area contributed by atoms with Gasteiger partial charge in [0.05, 0.1) is 0 Å². The van der Waals surface area contributed by atoms with Crippen molar-refractivity contribution in [1.29, 1.82) is 0 Å². The SMILES string of the molecule is C/C=C(\C(C)N1CCNC1)C(C)(C)N1CCCC1. The Bertz CT molecular complexity index is 297. The normalized spacial score (nSPS) is 25.9. The Hall–Kier alpha value is -0.380. The molecule has 2 fully saturated rings. The number of hydrogen-bond donors (Lipinski definition) is 1. The Morgan fingerprint density at radius 3 is 2.39 bits per heavy atom. The van der Waals surface area contributed by atoms with Crippen LogP contribution in [0.15, 0.2) is 11.6 Å². The minimum atomic E-state index is 0.202. The molecule has 0 saturated carbocycles. The molecule has 1 N–H and O–H groups in total. The quantitative estimate of drug-likeness (QED) is 0.772. The zero-order valence-electron chi connectivity index (χ0n) is 12.5. The van der Waals surface area contributed by atoms with E-state index in [1.807, 2.05) is 0 Å². The van der Waals surface area contributed by atoms with E-state index in [2.05, 4.69) is 48.9 Å². The maximum absolute atomic E-state index is 3.44. The molecule has 1 atom stereocenters. The number of nitrogens with one attached hydrogen (secondary N) is 1. The molecule has 1 unspecified atom stereocenters. The number of hydrogen-bond acceptors (Lipinski definition) is 3. The Labute approximate surface area is 112 Å². The van der Waals surface area contributed by atoms with Crippen LogP contribution < -0.4 is 5.32 Å². The van der Waals surface area contributed by atoms with Crippen LogP contribution >= 0.6 is 0 Å². The topological polar surface area (TPSA) is 18.5 Å². The van der Waals surface area contributed by atoms with Gasteiger partial charge in [-0.2, -0.15) is 0 Å². The van der Waals surface area contributed by atoms with Crippen molar-refractivity contribution in [2.45, 2.75) is 52.1 Å². The van der Waals surface area contributed by atoms with Crippen LogP contribution in [0.2, 0.25) is 0 Å². The zero-order chi connectivity index (χ0) is 13.2. The lowest BCUT2D eigenvalue weighted by Gasteiger charge is -2.42. The van der Waals surface area contributed by atoms with Crippen LogP contribution in [-0.4, -0.2) is 54.2 Å². The smallest absolute Gasteiger partial charge is 0.0486 e. The van der Waals surface area contributed by atoms with Crippen LogP contribution in [-0.2, 0) is 0 Å². The standard InChI is InChI=1S/C15H29N3/c1-5-14(13(2)17-11-8-16-12-17)15(3,4)18-9-6-7-10-18/h5,13,16H,6-12H2,1-4H3/b14-5+. The lowest BCUT2D eigenvalue weighted by atomic mass is 9.86. The molecule has 2 aliphatic heterocycles. The summed E-state index contributed by atoms with van der Waals surface area (Å²) in [4.78, 5) is 5.20. The molecular weight excluding hydrogens is 222 g/mol. The van der Waals surface area contributed by atoms with Gasteiger partial charge in [-0.05, 0) is 59.2 Å². The Balaban J connectivity index is 2.11. The predicted molar refractivity (Wildman–Crippen MR) is 77.7 cm³/mol. The third-order valence-corrected chi connectivity index (χ3v) is 4.80. The third-order valence-electron chi connectivity index (χ3n) is 4.80. The number of likely N-dealkylation sites (tertiary alicyclic amines) is 1. The van der Waals surface area contributed by atoms with Crippen molar-refractivity contribution in [3.05, 3.63) is 11.6 Å². The van der Waals surface area contributed by atoms with E-state index in [0.29, 0.717) is 6.04 Å². The summed E-state index contributed by atoms with van der Waals surface area (Å²) in [5.41, 5.74) is 1.78. The Kier molecular flexibility index (Phi) is 4.46. The highest BCUT2D eigenvalue weighted by Gasteiger charge is 2.36. The maximum atomic E-state index is 3.44. The van der Waals surface area contributed by atoms with Crippen LogP contribution in [0.25, 0.3) is 0 Å². The fourth-order valence-corrected chi connectivity index (χ4v) is 3.62. The first-order chi connectivity index (χ1) is 8.57. The second-order valence-corrected chi connectivity index (χ2v) is 6.14. The summed E-state index contributed by atoms with van der Waals surface area (Å²) in [5.74, 6) is 0. The molecule has 2 saturated heterocycles. The van der Waals surface area contributed by atoms with Crippen molar-refractivity contribution in [3.8, 4) is 0 Å². The van der Waals surface area contributed by atoms with E-state index in [1.54, 1.807) is 5.57 Å². The molecule has 2 heterocycles. The summed E-state index contributed by atoms with van der Waals surface area (Å²) >= 11 is 0. The summed E-state index contributed by atoms with van der Waals surface area (Å²) in [6, 6.07) is 0.542. The first-order valence-corrected chi connectivity index (χ1v) is 7.44. The molecule has 2 aliphatic rings. The highest BCUT2D eigenvalue weighted by atomic mass is 15.3. The molecule has 0 aliphatic carbocycles. The predicted octanol–water partition coefficient (Wildman–Crippen LogP) is 2.06. The van der Waals surface area contributed by atoms with E-state index in [4.69, 9.17) is 0 Å². The molecule has 0 radical (unpaired) electrons. The molecule has 0 aromatic carbocycles. The van der Waals surface area contributed by atoms with E-state index >= 15 is 0 Å². The van der Waals surface area contributed by atoms with Gasteiger partial charge in [-0.3, -0.25) is 9.80 Å². The second kappa shape index (κ2) is 5.72. The van der Waals surface area contributed by atoms with Crippen molar-refractivity contribution >= 4 is 0 Å². The number of nitrogens with zero attached hydrogens (tertiary/aromatic N) is 2. The van der Waals surface area contributed by atoms with Crippen LogP contribution in [0, 0.1) is 0 Å². The highest BCUT2D eigenvalue weighted by Crippen LogP contribution is 2.31. The average molecular weight is 251 g/mol. The average Bonchev–Trinajstić information content (AvgIpc) is 3.03. The van der Waals surface area contributed by atoms with Gasteiger partial charge >= 0.3 is 0 Å². The monoisotopic (exact) mass is 251 g/mol. The van der Waals surface area contributed by atoms with Crippen molar-refractivity contribution in [3.63, 3.8) is 0 Å². The van der Waals surface area contributed by atoms with Gasteiger partial charge in [0.15, 0.2) is 0 Å². The van der Waals surface area contributed by atoms with Crippen LogP contribution in [0.1, 0.15) is 40.5 Å². The summed E-state index contributed by atoms with van der Waals surface area (Å²) < 4.78 is 0. The van der Waals surface area contributed by atoms with Gasteiger partial charge < -0.3 is 5.32 Å². The number of allylic oxidation sites excluding steroid dienone is 1. The summed E-state index contributed by atoms with van der Waals surface area (Å²) in [5, 5.41) is 3.44. The van der Waals surface area contributed by atoms with Crippen LogP contribution in [0.3, 0.4) is 0 Å². The van der Waals surface area contributed by atoms with E-state index in [0.717, 1.165) is 13.2 Å². The van der Waals surface area contributed by atoms with Crippen molar-refractivity contribution in [1.82, 2.24) is 15.1 Å². The lowest BCUT2D eigenvalue weighted by Crippen LogP contribution is -2.49. The van der Waals surface area contributed by atoms with Crippen LogP contribution in [0.4, 0.5) is 0 Å². The molecule has 0 spiro atoms. The molecular formula is C15H29N3. The van der Waals surface area contributed by atoms with E-state index in [9.17, 15) is 0 Å². The molecule has 0 bridgehead atoms. The van der Waals surface area contributed by atoms with E-state index < -0.39 is 0 Å². The van der Waals surface area contributed by atoms with Gasteiger partial charge in [-0.15, -0.1) is 0 Å². The molecule has 0 aromatic rings. The highest BCUT2D eigenvalue weighted by molar-refractivity contribution is 5.23. The van der Waals surface area contributed by atoms with Gasteiger partial charge in [0.1, 0.15) is 0 Å². The van der Waals surface area contributed by atoms with Gasteiger partial charge in [0, 0.05) is 31.3 Å². The van der Waals surface area contributed by atoms with Gasteiger partial charge in [-0.25, -0.2) is 0 Å². The molecule has 2 rings (SSSR count). The second-order valence-electron chi connectivity index (χ2n) is 6.14. The molecule has 3 heteroatoms. The first-order valence-electron chi connectivity index (χ1n) is 7.44. The van der Waals surface area contributed by atoms with Gasteiger partial charge in [0.2, 0.25) is 0 Å². The van der Waals surface area contributed by atoms with Crippen LogP contribution in [0.5, 0.6) is 0 Å². The summed E-state index contributed by atoms with van der Waals surface area (Å²) in [6.07, 6.45) is 5.07. The molecule has 104 valence electrons. The fourth-order valence-electron chi connectivity index (χ4n) is 3.62. The third kappa shape index (κ3) is 2.63. The molecule has 0 aromatic heterocycles. The van der Waals surface area contributed by atoms with Crippen molar-refractivity contribution in [2.24, 2.45) is 0 Å². The minimum absolute atomic E-state index is 0.202. The Morgan fingerprint density at radius 1 is 1.22 bits per heavy atom. The van der Waals surface area contributed by atoms with E-state index in [1.165, 1.54) is 32.5 Å². The first kappa shape index (κ1) is 14.0. The summed E-state index contributed by atoms with van der Waals surface area (Å²) in [7, 11) is 0. The molecule has 18 heavy (non-hydrogen) atoms. The van der Waals surface area contributed by atoms with Gasteiger partial charge in [-0.1, -0.05) is 6.08 Å². The van der Waals surface area contributed by atoms with E-state index in [-0.39, 0.29) is 5.54 Å². The molecule has 0 amide bonds. The maximum Gasteiger partial charge on any atom is 0.0486 e. The number of rotatable bonds is 4. The largest absolute Gasteiger partial charge is 0.303 e. The fraction of sp³-hybridized carbons (Fsp3) is 0.867. The molecule has 3 nitrogen and oxygen atoms in total. The minimum Gasteiger partial charge on any atom is -0.303 e. The van der Waals surface area contributed by atoms with Gasteiger partial charge in [0.25, 0.3) is 0 Å².